The summed E-state index contributed by atoms with van der Waals surface area (Å²) in [5.41, 5.74) is 4.54. The number of hydrogen-bond acceptors (Lipinski definition) is 0. The van der Waals surface area contributed by atoms with E-state index >= 15 is 0 Å². The molecule has 1 unspecified atom stereocenters. The first-order chi connectivity index (χ1) is 6.66. The average molecular weight is 194 g/mol. The lowest BCUT2D eigenvalue weighted by Crippen LogP contribution is -1.93. The van der Waals surface area contributed by atoms with E-state index in [9.17, 15) is 0 Å². The Kier molecular flexibility index (Phi) is 8.78. The van der Waals surface area contributed by atoms with E-state index in [0.29, 0.717) is 0 Å². The van der Waals surface area contributed by atoms with Crippen LogP contribution in [0.5, 0.6) is 0 Å². The lowest BCUT2D eigenvalue weighted by molar-refractivity contribution is 0.459. The number of rotatable bonds is 7. The first-order valence-corrected chi connectivity index (χ1v) is 6.05. The highest BCUT2D eigenvalue weighted by molar-refractivity contribution is 4.93. The minimum atomic E-state index is 0.912. The van der Waals surface area contributed by atoms with Crippen LogP contribution in [0.2, 0.25) is 0 Å². The van der Waals surface area contributed by atoms with Gasteiger partial charge in [-0.05, 0) is 44.3 Å². The van der Waals surface area contributed by atoms with Gasteiger partial charge < -0.3 is 0 Å². The van der Waals surface area contributed by atoms with Crippen molar-refractivity contribution in [1.82, 2.24) is 0 Å². The smallest absolute Gasteiger partial charge is 0.0274 e. The van der Waals surface area contributed by atoms with E-state index < -0.39 is 0 Å². The molecule has 0 radical (unpaired) electrons. The average Bonchev–Trinajstić information content (AvgIpc) is 2.13. The van der Waals surface area contributed by atoms with Crippen LogP contribution in [-0.2, 0) is 0 Å². The van der Waals surface area contributed by atoms with Crippen LogP contribution in [0.25, 0.3) is 0 Å². The standard InChI is InChI=1S/C14H26/c1-5-6-11-14(4)12-9-7-8-10-13(2)3/h8,14H,5-7,9,11-12H2,1-4H3. The SMILES string of the molecule is CCCCC(C)CCCC=C=C(C)C. The van der Waals surface area contributed by atoms with Crippen molar-refractivity contribution in [2.45, 2.75) is 66.2 Å². The maximum atomic E-state index is 3.25. The number of unbranched alkanes of at least 4 members (excludes halogenated alkanes) is 2. The van der Waals surface area contributed by atoms with Gasteiger partial charge in [-0.15, -0.1) is 5.73 Å². The van der Waals surface area contributed by atoms with Crippen molar-refractivity contribution in [1.29, 1.82) is 0 Å². The van der Waals surface area contributed by atoms with Crippen molar-refractivity contribution in [3.63, 3.8) is 0 Å². The highest BCUT2D eigenvalue weighted by Gasteiger charge is 1.99. The minimum Gasteiger partial charge on any atom is -0.127 e. The zero-order valence-corrected chi connectivity index (χ0v) is 10.4. The molecular weight excluding hydrogens is 168 g/mol. The molecular formula is C14H26. The Hall–Kier alpha value is -0.480. The van der Waals surface area contributed by atoms with Gasteiger partial charge in [0.25, 0.3) is 0 Å². The van der Waals surface area contributed by atoms with Crippen LogP contribution >= 0.6 is 0 Å². The largest absolute Gasteiger partial charge is 0.127 e. The Morgan fingerprint density at radius 2 is 1.86 bits per heavy atom. The normalized spacial score (nSPS) is 12.0. The second-order valence-corrected chi connectivity index (χ2v) is 4.53. The molecule has 0 aromatic rings. The molecule has 0 aliphatic carbocycles. The third-order valence-electron chi connectivity index (χ3n) is 2.49. The van der Waals surface area contributed by atoms with E-state index in [1.165, 1.54) is 44.1 Å². The van der Waals surface area contributed by atoms with Crippen molar-refractivity contribution >= 4 is 0 Å². The topological polar surface area (TPSA) is 0 Å². The minimum absolute atomic E-state index is 0.912. The monoisotopic (exact) mass is 194 g/mol. The first kappa shape index (κ1) is 13.5. The molecule has 0 N–H and O–H groups in total. The lowest BCUT2D eigenvalue weighted by atomic mass is 9.98. The van der Waals surface area contributed by atoms with Crippen molar-refractivity contribution in [2.24, 2.45) is 5.92 Å². The highest BCUT2D eigenvalue weighted by Crippen LogP contribution is 2.14. The molecule has 0 aromatic carbocycles. The molecule has 1 atom stereocenters. The molecule has 82 valence electrons. The first-order valence-electron chi connectivity index (χ1n) is 6.05. The van der Waals surface area contributed by atoms with Crippen LogP contribution in [-0.4, -0.2) is 0 Å². The molecule has 0 aliphatic heterocycles. The molecule has 0 aromatic heterocycles. The fourth-order valence-corrected chi connectivity index (χ4v) is 1.54. The van der Waals surface area contributed by atoms with Gasteiger partial charge in [0.15, 0.2) is 0 Å². The van der Waals surface area contributed by atoms with Crippen LogP contribution in [0.4, 0.5) is 0 Å². The second kappa shape index (κ2) is 9.09. The van der Waals surface area contributed by atoms with Gasteiger partial charge in [-0.1, -0.05) is 39.5 Å². The maximum absolute atomic E-state index is 3.25. The Balaban J connectivity index is 3.40. The van der Waals surface area contributed by atoms with Crippen molar-refractivity contribution in [3.8, 4) is 0 Å². The van der Waals surface area contributed by atoms with Crippen LogP contribution in [0.3, 0.4) is 0 Å². The van der Waals surface area contributed by atoms with Gasteiger partial charge in [-0.3, -0.25) is 0 Å². The quantitative estimate of drug-likeness (QED) is 0.390. The Morgan fingerprint density at radius 3 is 2.43 bits per heavy atom. The summed E-state index contributed by atoms with van der Waals surface area (Å²) in [6.07, 6.45) is 10.2. The summed E-state index contributed by atoms with van der Waals surface area (Å²) in [7, 11) is 0. The van der Waals surface area contributed by atoms with Gasteiger partial charge >= 0.3 is 0 Å². The third kappa shape index (κ3) is 9.61. The zero-order valence-electron chi connectivity index (χ0n) is 10.4. The maximum Gasteiger partial charge on any atom is -0.0274 e. The molecule has 0 fully saturated rings. The Labute approximate surface area is 90.1 Å². The summed E-state index contributed by atoms with van der Waals surface area (Å²) >= 11 is 0. The van der Waals surface area contributed by atoms with Crippen LogP contribution < -0.4 is 0 Å². The molecule has 0 saturated carbocycles. The van der Waals surface area contributed by atoms with Gasteiger partial charge in [-0.25, -0.2) is 0 Å². The van der Waals surface area contributed by atoms with Crippen molar-refractivity contribution < 1.29 is 0 Å². The van der Waals surface area contributed by atoms with E-state index in [1.54, 1.807) is 0 Å². The van der Waals surface area contributed by atoms with E-state index in [-0.39, 0.29) is 0 Å². The molecule has 0 heterocycles. The summed E-state index contributed by atoms with van der Waals surface area (Å²) in [4.78, 5) is 0. The molecule has 0 bridgehead atoms. The predicted octanol–water partition coefficient (Wildman–Crippen LogP) is 5.10. The van der Waals surface area contributed by atoms with Gasteiger partial charge in [0.05, 0.1) is 0 Å². The molecule has 0 amide bonds. The molecule has 0 aliphatic rings. The third-order valence-corrected chi connectivity index (χ3v) is 2.49. The van der Waals surface area contributed by atoms with Gasteiger partial charge in [0.1, 0.15) is 0 Å². The summed E-state index contributed by atoms with van der Waals surface area (Å²) in [5.74, 6) is 0.912. The van der Waals surface area contributed by atoms with Crippen LogP contribution in [0.15, 0.2) is 17.4 Å². The number of allylic oxidation sites excluding steroid dienone is 1. The lowest BCUT2D eigenvalue weighted by Gasteiger charge is -2.08. The molecule has 0 heteroatoms. The van der Waals surface area contributed by atoms with E-state index in [1.807, 2.05) is 0 Å². The van der Waals surface area contributed by atoms with Gasteiger partial charge in [0, 0.05) is 0 Å². The van der Waals surface area contributed by atoms with Crippen LogP contribution in [0.1, 0.15) is 66.2 Å². The Bertz CT molecular complexity index is 178. The molecule has 0 rings (SSSR count). The molecule has 0 spiro atoms. The van der Waals surface area contributed by atoms with Crippen molar-refractivity contribution in [2.75, 3.05) is 0 Å². The fraction of sp³-hybridized carbons (Fsp3) is 0.786. The predicted molar refractivity (Wildman–Crippen MR) is 65.5 cm³/mol. The summed E-state index contributed by atoms with van der Waals surface area (Å²) < 4.78 is 0. The summed E-state index contributed by atoms with van der Waals surface area (Å²) in [6.45, 7) is 8.84. The Morgan fingerprint density at radius 1 is 1.21 bits per heavy atom. The van der Waals surface area contributed by atoms with Crippen molar-refractivity contribution in [3.05, 3.63) is 17.4 Å². The van der Waals surface area contributed by atoms with Gasteiger partial charge in [0.2, 0.25) is 0 Å². The fourth-order valence-electron chi connectivity index (χ4n) is 1.54. The summed E-state index contributed by atoms with van der Waals surface area (Å²) in [5, 5.41) is 0. The molecule has 0 saturated heterocycles. The van der Waals surface area contributed by atoms with E-state index in [0.717, 1.165) is 5.92 Å². The van der Waals surface area contributed by atoms with Gasteiger partial charge in [-0.2, -0.15) is 0 Å². The molecule has 14 heavy (non-hydrogen) atoms. The highest BCUT2D eigenvalue weighted by atomic mass is 14.0. The number of hydrogen-bond donors (Lipinski definition) is 0. The second-order valence-electron chi connectivity index (χ2n) is 4.53. The zero-order chi connectivity index (χ0) is 10.8. The van der Waals surface area contributed by atoms with Crippen LogP contribution in [0, 0.1) is 5.92 Å². The van der Waals surface area contributed by atoms with E-state index in [2.05, 4.69) is 39.5 Å². The molecule has 0 nitrogen and oxygen atoms in total. The summed E-state index contributed by atoms with van der Waals surface area (Å²) in [6, 6.07) is 0. The van der Waals surface area contributed by atoms with E-state index in [4.69, 9.17) is 0 Å².